The van der Waals surface area contributed by atoms with E-state index in [1.165, 1.54) is 0 Å². The third-order valence-corrected chi connectivity index (χ3v) is 4.54. The van der Waals surface area contributed by atoms with Crippen LogP contribution in [-0.4, -0.2) is 42.7 Å². The Bertz CT molecular complexity index is 274. The number of carbonyl (C=O) groups is 2. The Morgan fingerprint density at radius 1 is 1.11 bits per heavy atom. The summed E-state index contributed by atoms with van der Waals surface area (Å²) >= 11 is 0. The van der Waals surface area contributed by atoms with Crippen LogP contribution in [-0.2, 0) is 19.1 Å². The minimum Gasteiger partial charge on any atom is -0.465 e. The molecule has 0 aliphatic rings. The third-order valence-electron chi connectivity index (χ3n) is 2.20. The zero-order valence-corrected chi connectivity index (χ0v) is 13.4. The lowest BCUT2D eigenvalue weighted by Gasteiger charge is -2.14. The second-order valence-corrected chi connectivity index (χ2v) is 6.86. The van der Waals surface area contributed by atoms with Crippen molar-refractivity contribution in [1.29, 1.82) is 0 Å². The molecule has 7 heteroatoms. The largest absolute Gasteiger partial charge is 0.465 e. The molecule has 0 rings (SSSR count). The van der Waals surface area contributed by atoms with Crippen LogP contribution in [0.2, 0.25) is 0 Å². The van der Waals surface area contributed by atoms with E-state index >= 15 is 0 Å². The SMILES string of the molecule is CCC(=O)OCCSSCCOC(=O)[C@@H](N)C(C)C. The van der Waals surface area contributed by atoms with Gasteiger partial charge >= 0.3 is 11.9 Å². The summed E-state index contributed by atoms with van der Waals surface area (Å²) in [4.78, 5) is 22.2. The summed E-state index contributed by atoms with van der Waals surface area (Å²) in [5.41, 5.74) is 5.65. The first kappa shape index (κ1) is 18.6. The van der Waals surface area contributed by atoms with Gasteiger partial charge in [-0.05, 0) is 5.92 Å². The summed E-state index contributed by atoms with van der Waals surface area (Å²) in [6.07, 6.45) is 0.407. The van der Waals surface area contributed by atoms with Gasteiger partial charge in [0.1, 0.15) is 19.3 Å². The molecular formula is C12H23NO4S2. The Balaban J connectivity index is 3.36. The Hall–Kier alpha value is -0.400. The van der Waals surface area contributed by atoms with E-state index in [4.69, 9.17) is 15.2 Å². The Morgan fingerprint density at radius 3 is 2.11 bits per heavy atom. The monoisotopic (exact) mass is 309 g/mol. The lowest BCUT2D eigenvalue weighted by atomic mass is 10.1. The van der Waals surface area contributed by atoms with Crippen LogP contribution in [0, 0.1) is 5.92 Å². The minimum atomic E-state index is -0.550. The van der Waals surface area contributed by atoms with Gasteiger partial charge in [-0.15, -0.1) is 0 Å². The smallest absolute Gasteiger partial charge is 0.323 e. The first-order valence-electron chi connectivity index (χ1n) is 6.31. The summed E-state index contributed by atoms with van der Waals surface area (Å²) in [7, 11) is 3.17. The topological polar surface area (TPSA) is 78.6 Å². The maximum atomic E-state index is 11.4. The number of carbonyl (C=O) groups excluding carboxylic acids is 2. The van der Waals surface area contributed by atoms with Crippen molar-refractivity contribution < 1.29 is 19.1 Å². The summed E-state index contributed by atoms with van der Waals surface area (Å²) in [5.74, 6) is 0.987. The van der Waals surface area contributed by atoms with Crippen LogP contribution in [0.25, 0.3) is 0 Å². The van der Waals surface area contributed by atoms with Crippen molar-refractivity contribution in [2.45, 2.75) is 33.2 Å². The van der Waals surface area contributed by atoms with Crippen LogP contribution in [0.4, 0.5) is 0 Å². The van der Waals surface area contributed by atoms with E-state index in [1.54, 1.807) is 28.5 Å². The highest BCUT2D eigenvalue weighted by Crippen LogP contribution is 2.20. The average molecular weight is 309 g/mol. The molecule has 0 aliphatic carbocycles. The molecule has 0 saturated carbocycles. The molecule has 2 N–H and O–H groups in total. The lowest BCUT2D eigenvalue weighted by molar-refractivity contribution is -0.145. The van der Waals surface area contributed by atoms with Crippen molar-refractivity contribution in [3.05, 3.63) is 0 Å². The van der Waals surface area contributed by atoms with Crippen molar-refractivity contribution in [1.82, 2.24) is 0 Å². The summed E-state index contributed by atoms with van der Waals surface area (Å²) < 4.78 is 9.96. The lowest BCUT2D eigenvalue weighted by Crippen LogP contribution is -2.37. The molecule has 5 nitrogen and oxygen atoms in total. The third kappa shape index (κ3) is 10.1. The molecule has 0 aliphatic heterocycles. The van der Waals surface area contributed by atoms with Crippen LogP contribution in [0.5, 0.6) is 0 Å². The zero-order chi connectivity index (χ0) is 14.7. The van der Waals surface area contributed by atoms with E-state index < -0.39 is 6.04 Å². The van der Waals surface area contributed by atoms with Gasteiger partial charge in [0.2, 0.25) is 0 Å². The highest BCUT2D eigenvalue weighted by atomic mass is 33.1. The number of nitrogens with two attached hydrogens (primary N) is 1. The van der Waals surface area contributed by atoms with Crippen molar-refractivity contribution >= 4 is 33.5 Å². The minimum absolute atomic E-state index is 0.0859. The van der Waals surface area contributed by atoms with Gasteiger partial charge in [-0.1, -0.05) is 42.4 Å². The molecule has 0 unspecified atom stereocenters. The number of esters is 2. The predicted octanol–water partition coefficient (Wildman–Crippen LogP) is 1.85. The van der Waals surface area contributed by atoms with Crippen LogP contribution >= 0.6 is 21.6 Å². The fraction of sp³-hybridized carbons (Fsp3) is 0.833. The standard InChI is InChI=1S/C12H23NO4S2/c1-4-10(14)16-5-7-18-19-8-6-17-12(15)11(13)9(2)3/h9,11H,4-8,13H2,1-3H3/t11-/m0/s1. The van der Waals surface area contributed by atoms with Gasteiger partial charge in [0, 0.05) is 17.9 Å². The normalized spacial score (nSPS) is 12.3. The van der Waals surface area contributed by atoms with Crippen molar-refractivity contribution in [3.8, 4) is 0 Å². The van der Waals surface area contributed by atoms with Gasteiger partial charge in [0.25, 0.3) is 0 Å². The molecule has 0 aromatic carbocycles. The van der Waals surface area contributed by atoms with Gasteiger partial charge in [-0.25, -0.2) is 0 Å². The molecule has 0 heterocycles. The van der Waals surface area contributed by atoms with E-state index in [9.17, 15) is 9.59 Å². The molecule has 0 saturated heterocycles. The molecule has 19 heavy (non-hydrogen) atoms. The quantitative estimate of drug-likeness (QED) is 0.375. The summed E-state index contributed by atoms with van der Waals surface area (Å²) in [6, 6.07) is -0.550. The van der Waals surface area contributed by atoms with Crippen molar-refractivity contribution in [2.24, 2.45) is 11.7 Å². The van der Waals surface area contributed by atoms with E-state index in [1.807, 2.05) is 13.8 Å². The van der Waals surface area contributed by atoms with Gasteiger partial charge in [-0.2, -0.15) is 0 Å². The number of hydrogen-bond donors (Lipinski definition) is 1. The van der Waals surface area contributed by atoms with Crippen molar-refractivity contribution in [2.75, 3.05) is 24.7 Å². The molecular weight excluding hydrogens is 286 g/mol. The molecule has 0 fully saturated rings. The van der Waals surface area contributed by atoms with E-state index in [0.717, 1.165) is 5.75 Å². The van der Waals surface area contributed by atoms with Gasteiger partial charge in [0.05, 0.1) is 0 Å². The van der Waals surface area contributed by atoms with E-state index in [-0.39, 0.29) is 17.9 Å². The van der Waals surface area contributed by atoms with Crippen LogP contribution in [0.15, 0.2) is 0 Å². The second kappa shape index (κ2) is 11.4. The summed E-state index contributed by atoms with van der Waals surface area (Å²) in [6.45, 7) is 6.30. The molecule has 112 valence electrons. The summed E-state index contributed by atoms with van der Waals surface area (Å²) in [5, 5.41) is 0. The highest BCUT2D eigenvalue weighted by Gasteiger charge is 2.18. The first-order chi connectivity index (χ1) is 8.99. The molecule has 0 bridgehead atoms. The zero-order valence-electron chi connectivity index (χ0n) is 11.7. The predicted molar refractivity (Wildman–Crippen MR) is 79.9 cm³/mol. The average Bonchev–Trinajstić information content (AvgIpc) is 2.39. The van der Waals surface area contributed by atoms with E-state index in [2.05, 4.69) is 0 Å². The fourth-order valence-electron chi connectivity index (χ4n) is 0.954. The maximum absolute atomic E-state index is 11.4. The molecule has 0 aromatic heterocycles. The molecule has 0 amide bonds. The number of ether oxygens (including phenoxy) is 2. The molecule has 0 radical (unpaired) electrons. The fourth-order valence-corrected chi connectivity index (χ4v) is 2.61. The molecule has 0 aromatic rings. The Morgan fingerprint density at radius 2 is 1.63 bits per heavy atom. The molecule has 0 spiro atoms. The van der Waals surface area contributed by atoms with Gasteiger partial charge in [0.15, 0.2) is 0 Å². The van der Waals surface area contributed by atoms with Gasteiger partial charge < -0.3 is 15.2 Å². The van der Waals surface area contributed by atoms with Crippen LogP contribution in [0.3, 0.4) is 0 Å². The number of rotatable bonds is 10. The van der Waals surface area contributed by atoms with Crippen LogP contribution in [0.1, 0.15) is 27.2 Å². The number of hydrogen-bond acceptors (Lipinski definition) is 7. The highest BCUT2D eigenvalue weighted by molar-refractivity contribution is 8.76. The maximum Gasteiger partial charge on any atom is 0.323 e. The van der Waals surface area contributed by atoms with Crippen molar-refractivity contribution in [3.63, 3.8) is 0 Å². The molecule has 1 atom stereocenters. The Labute approximate surface area is 122 Å². The second-order valence-electron chi connectivity index (χ2n) is 4.16. The van der Waals surface area contributed by atoms with E-state index in [0.29, 0.717) is 25.4 Å². The van der Waals surface area contributed by atoms with Crippen LogP contribution < -0.4 is 5.73 Å². The van der Waals surface area contributed by atoms with Gasteiger partial charge in [-0.3, -0.25) is 9.59 Å². The Kier molecular flexibility index (Phi) is 11.2. The first-order valence-corrected chi connectivity index (χ1v) is 8.80.